The van der Waals surface area contributed by atoms with Gasteiger partial charge >= 0.3 is 0 Å². The summed E-state index contributed by atoms with van der Waals surface area (Å²) in [5.41, 5.74) is 1.29. The molecule has 0 bridgehead atoms. The fourth-order valence-electron chi connectivity index (χ4n) is 3.17. The number of amides is 1. The third-order valence-electron chi connectivity index (χ3n) is 4.45. The Labute approximate surface area is 175 Å². The van der Waals surface area contributed by atoms with Crippen LogP contribution in [0.5, 0.6) is 0 Å². The summed E-state index contributed by atoms with van der Waals surface area (Å²) in [6.45, 7) is 2.03. The second-order valence-electron chi connectivity index (χ2n) is 6.58. The van der Waals surface area contributed by atoms with Crippen molar-refractivity contribution in [3.63, 3.8) is 0 Å². The molecule has 4 heterocycles. The number of hydrogen-bond donors (Lipinski definition) is 1. The number of aromatic amines is 1. The standard InChI is InChI=1S/C20H20N4O3S2/c1-2-5-13-10-18(25)22-20(21-13)29-12-19(26)24-15(17-7-4-9-28-17)11-14(23-24)16-6-3-8-27-16/h3-4,6-10,15H,2,5,11-12H2,1H3,(H,21,22,25)/t15-/m0/s1. The van der Waals surface area contributed by atoms with E-state index in [1.165, 1.54) is 22.8 Å². The summed E-state index contributed by atoms with van der Waals surface area (Å²) in [4.78, 5) is 33.0. The maximum absolute atomic E-state index is 13.0. The van der Waals surface area contributed by atoms with Crippen molar-refractivity contribution >= 4 is 34.7 Å². The van der Waals surface area contributed by atoms with Crippen LogP contribution >= 0.6 is 23.1 Å². The van der Waals surface area contributed by atoms with Crippen LogP contribution in [0.15, 0.2) is 61.4 Å². The fourth-order valence-corrected chi connectivity index (χ4v) is 4.73. The summed E-state index contributed by atoms with van der Waals surface area (Å²) in [5, 5.41) is 8.53. The van der Waals surface area contributed by atoms with Crippen LogP contribution in [0.3, 0.4) is 0 Å². The third-order valence-corrected chi connectivity index (χ3v) is 6.29. The molecule has 29 heavy (non-hydrogen) atoms. The molecule has 0 aliphatic carbocycles. The molecule has 0 saturated heterocycles. The number of aryl methyl sites for hydroxylation is 1. The normalized spacial score (nSPS) is 16.2. The Kier molecular flexibility index (Phi) is 5.96. The van der Waals surface area contributed by atoms with Crippen molar-refractivity contribution < 1.29 is 9.21 Å². The van der Waals surface area contributed by atoms with Gasteiger partial charge in [-0.1, -0.05) is 31.2 Å². The van der Waals surface area contributed by atoms with Gasteiger partial charge in [0.05, 0.1) is 18.1 Å². The maximum atomic E-state index is 13.0. The summed E-state index contributed by atoms with van der Waals surface area (Å²) in [5.74, 6) is 0.668. The smallest absolute Gasteiger partial charge is 0.253 e. The molecule has 0 saturated carbocycles. The van der Waals surface area contributed by atoms with E-state index < -0.39 is 0 Å². The Bertz CT molecular complexity index is 1060. The van der Waals surface area contributed by atoms with Gasteiger partial charge in [-0.15, -0.1) is 11.3 Å². The first-order chi connectivity index (χ1) is 14.1. The van der Waals surface area contributed by atoms with Crippen molar-refractivity contribution in [3.8, 4) is 0 Å². The van der Waals surface area contributed by atoms with Crippen molar-refractivity contribution in [2.24, 2.45) is 5.10 Å². The van der Waals surface area contributed by atoms with Gasteiger partial charge in [-0.25, -0.2) is 9.99 Å². The lowest BCUT2D eigenvalue weighted by Gasteiger charge is -2.20. The van der Waals surface area contributed by atoms with E-state index in [9.17, 15) is 9.59 Å². The van der Waals surface area contributed by atoms with Gasteiger partial charge < -0.3 is 9.40 Å². The van der Waals surface area contributed by atoms with Gasteiger partial charge in [-0.2, -0.15) is 5.10 Å². The minimum absolute atomic E-state index is 0.134. The number of carbonyl (C=O) groups excluding carboxylic acids is 1. The lowest BCUT2D eigenvalue weighted by atomic mass is 10.1. The Morgan fingerprint density at radius 3 is 3.03 bits per heavy atom. The Morgan fingerprint density at radius 2 is 2.31 bits per heavy atom. The van der Waals surface area contributed by atoms with Crippen LogP contribution in [-0.2, 0) is 11.2 Å². The van der Waals surface area contributed by atoms with Crippen molar-refractivity contribution in [1.82, 2.24) is 15.0 Å². The number of rotatable bonds is 7. The average molecular weight is 429 g/mol. The Hall–Kier alpha value is -2.65. The van der Waals surface area contributed by atoms with E-state index >= 15 is 0 Å². The number of thiophene rings is 1. The summed E-state index contributed by atoms with van der Waals surface area (Å²) < 4.78 is 5.47. The third kappa shape index (κ3) is 4.51. The van der Waals surface area contributed by atoms with Crippen molar-refractivity contribution in [2.75, 3.05) is 5.75 Å². The molecule has 0 aromatic carbocycles. The van der Waals surface area contributed by atoms with Gasteiger partial charge in [-0.05, 0) is 30.0 Å². The molecule has 4 rings (SSSR count). The first-order valence-corrected chi connectivity index (χ1v) is 11.2. The predicted octanol–water partition coefficient (Wildman–Crippen LogP) is 3.85. The SMILES string of the molecule is CCCc1cc(=O)[nH]c(SCC(=O)N2N=C(c3ccco3)C[C@H]2c2cccs2)n1. The number of nitrogens with one attached hydrogen (secondary N) is 1. The first-order valence-electron chi connectivity index (χ1n) is 9.34. The molecular formula is C20H20N4O3S2. The van der Waals surface area contributed by atoms with Crippen LogP contribution in [0, 0.1) is 0 Å². The van der Waals surface area contributed by atoms with E-state index in [1.807, 2.05) is 36.6 Å². The minimum Gasteiger partial charge on any atom is -0.463 e. The molecule has 0 fully saturated rings. The molecule has 0 spiro atoms. The zero-order chi connectivity index (χ0) is 20.2. The number of hydrazone groups is 1. The predicted molar refractivity (Wildman–Crippen MR) is 113 cm³/mol. The van der Waals surface area contributed by atoms with E-state index in [0.717, 1.165) is 29.1 Å². The number of hydrogen-bond acceptors (Lipinski definition) is 7. The maximum Gasteiger partial charge on any atom is 0.253 e. The van der Waals surface area contributed by atoms with Gasteiger partial charge in [0, 0.05) is 23.1 Å². The summed E-state index contributed by atoms with van der Waals surface area (Å²) >= 11 is 2.82. The number of thioether (sulfide) groups is 1. The summed E-state index contributed by atoms with van der Waals surface area (Å²) in [6.07, 6.45) is 3.84. The number of furan rings is 1. The summed E-state index contributed by atoms with van der Waals surface area (Å²) in [7, 11) is 0. The van der Waals surface area contributed by atoms with E-state index in [0.29, 0.717) is 17.3 Å². The molecule has 3 aromatic rings. The highest BCUT2D eigenvalue weighted by Crippen LogP contribution is 2.35. The van der Waals surface area contributed by atoms with Crippen LogP contribution < -0.4 is 5.56 Å². The molecule has 1 aliphatic heterocycles. The molecule has 1 N–H and O–H groups in total. The largest absolute Gasteiger partial charge is 0.463 e. The monoisotopic (exact) mass is 428 g/mol. The van der Waals surface area contributed by atoms with Gasteiger partial charge in [0.2, 0.25) is 0 Å². The van der Waals surface area contributed by atoms with Gasteiger partial charge in [0.25, 0.3) is 11.5 Å². The lowest BCUT2D eigenvalue weighted by Crippen LogP contribution is -2.28. The van der Waals surface area contributed by atoms with E-state index in [-0.39, 0.29) is 23.3 Å². The molecular weight excluding hydrogens is 408 g/mol. The fraction of sp³-hybridized carbons (Fsp3) is 0.300. The van der Waals surface area contributed by atoms with E-state index in [2.05, 4.69) is 15.1 Å². The van der Waals surface area contributed by atoms with E-state index in [1.54, 1.807) is 17.6 Å². The molecule has 0 radical (unpaired) electrons. The van der Waals surface area contributed by atoms with Crippen LogP contribution in [0.25, 0.3) is 0 Å². The van der Waals surface area contributed by atoms with Crippen molar-refractivity contribution in [2.45, 2.75) is 37.4 Å². The van der Waals surface area contributed by atoms with Gasteiger partial charge in [0.1, 0.15) is 11.5 Å². The highest BCUT2D eigenvalue weighted by atomic mass is 32.2. The second kappa shape index (κ2) is 8.79. The molecule has 1 aliphatic rings. The molecule has 3 aromatic heterocycles. The molecule has 150 valence electrons. The molecule has 1 amide bonds. The van der Waals surface area contributed by atoms with Crippen molar-refractivity contribution in [3.05, 3.63) is 68.7 Å². The number of carbonyl (C=O) groups is 1. The van der Waals surface area contributed by atoms with Gasteiger partial charge in [-0.3, -0.25) is 9.59 Å². The zero-order valence-electron chi connectivity index (χ0n) is 15.8. The van der Waals surface area contributed by atoms with Crippen LogP contribution in [0.2, 0.25) is 0 Å². The van der Waals surface area contributed by atoms with Gasteiger partial charge in [0.15, 0.2) is 5.16 Å². The van der Waals surface area contributed by atoms with E-state index in [4.69, 9.17) is 4.42 Å². The number of H-pyrrole nitrogens is 1. The minimum atomic E-state index is -0.200. The zero-order valence-corrected chi connectivity index (χ0v) is 17.5. The van der Waals surface area contributed by atoms with Crippen molar-refractivity contribution in [1.29, 1.82) is 0 Å². The van der Waals surface area contributed by atoms with Crippen LogP contribution in [-0.4, -0.2) is 32.3 Å². The topological polar surface area (TPSA) is 91.6 Å². The van der Waals surface area contributed by atoms with Crippen LogP contribution in [0.1, 0.15) is 42.1 Å². The highest BCUT2D eigenvalue weighted by Gasteiger charge is 2.34. The molecule has 9 heteroatoms. The first kappa shape index (κ1) is 19.7. The Balaban J connectivity index is 1.52. The Morgan fingerprint density at radius 1 is 1.41 bits per heavy atom. The molecule has 7 nitrogen and oxygen atoms in total. The number of nitrogens with zero attached hydrogens (tertiary/aromatic N) is 3. The average Bonchev–Trinajstić information content (AvgIpc) is 3.46. The number of aromatic nitrogens is 2. The van der Waals surface area contributed by atoms with Crippen LogP contribution in [0.4, 0.5) is 0 Å². The summed E-state index contributed by atoms with van der Waals surface area (Å²) in [6, 6.07) is 8.99. The highest BCUT2D eigenvalue weighted by molar-refractivity contribution is 7.99. The molecule has 1 atom stereocenters. The lowest BCUT2D eigenvalue weighted by molar-refractivity contribution is -0.130. The molecule has 0 unspecified atom stereocenters. The quantitative estimate of drug-likeness (QED) is 0.456. The second-order valence-corrected chi connectivity index (χ2v) is 8.52.